The summed E-state index contributed by atoms with van der Waals surface area (Å²) in [5.74, 6) is 0.484. The monoisotopic (exact) mass is 220 g/mol. The van der Waals surface area contributed by atoms with Gasteiger partial charge in [0.1, 0.15) is 6.29 Å². The summed E-state index contributed by atoms with van der Waals surface area (Å²) in [6.45, 7) is 4.13. The molecule has 16 heavy (non-hydrogen) atoms. The van der Waals surface area contributed by atoms with E-state index in [0.717, 1.165) is 31.1 Å². The molecule has 0 amide bonds. The van der Waals surface area contributed by atoms with Crippen LogP contribution in [-0.4, -0.2) is 12.1 Å². The number of rotatable bonds is 5. The predicted molar refractivity (Wildman–Crippen MR) is 65.2 cm³/mol. The van der Waals surface area contributed by atoms with E-state index in [1.807, 2.05) is 6.08 Å². The lowest BCUT2D eigenvalue weighted by Crippen LogP contribution is -2.16. The summed E-state index contributed by atoms with van der Waals surface area (Å²) >= 11 is 0. The molecule has 0 aromatic rings. The Bertz CT molecular complexity index is 320. The molecular weight excluding hydrogens is 200 g/mol. The first-order valence-electron chi connectivity index (χ1n) is 5.92. The minimum atomic E-state index is 0.236. The number of ketones is 1. The number of carbonyl (C=O) groups is 2. The second-order valence-electron chi connectivity index (χ2n) is 4.68. The van der Waals surface area contributed by atoms with Crippen LogP contribution in [0.15, 0.2) is 23.3 Å². The van der Waals surface area contributed by atoms with Crippen molar-refractivity contribution in [3.8, 4) is 0 Å². The van der Waals surface area contributed by atoms with Crippen LogP contribution in [0.25, 0.3) is 0 Å². The van der Waals surface area contributed by atoms with Gasteiger partial charge in [-0.1, -0.05) is 17.7 Å². The van der Waals surface area contributed by atoms with E-state index in [0.29, 0.717) is 12.8 Å². The minimum Gasteiger partial charge on any atom is -0.303 e. The van der Waals surface area contributed by atoms with E-state index in [1.165, 1.54) is 5.57 Å². The molecule has 1 aliphatic rings. The summed E-state index contributed by atoms with van der Waals surface area (Å²) in [4.78, 5) is 22.1. The molecule has 0 saturated heterocycles. The van der Waals surface area contributed by atoms with Gasteiger partial charge in [0, 0.05) is 12.8 Å². The van der Waals surface area contributed by atoms with E-state index in [1.54, 1.807) is 0 Å². The Morgan fingerprint density at radius 3 is 2.81 bits per heavy atom. The lowest BCUT2D eigenvalue weighted by molar-refractivity contribution is -0.117. The molecule has 0 aliphatic heterocycles. The lowest BCUT2D eigenvalue weighted by Gasteiger charge is -2.18. The van der Waals surface area contributed by atoms with Crippen LogP contribution in [0, 0.1) is 5.92 Å². The zero-order valence-electron chi connectivity index (χ0n) is 10.2. The minimum absolute atomic E-state index is 0.236. The third kappa shape index (κ3) is 4.13. The summed E-state index contributed by atoms with van der Waals surface area (Å²) in [5, 5.41) is 0. The van der Waals surface area contributed by atoms with Crippen molar-refractivity contribution in [2.24, 2.45) is 5.92 Å². The fourth-order valence-corrected chi connectivity index (χ4v) is 1.97. The van der Waals surface area contributed by atoms with Gasteiger partial charge in [-0.05, 0) is 44.6 Å². The number of hydrogen-bond acceptors (Lipinski definition) is 2. The Balaban J connectivity index is 2.46. The maximum Gasteiger partial charge on any atom is 0.158 e. The van der Waals surface area contributed by atoms with E-state index in [9.17, 15) is 9.59 Å². The lowest BCUT2D eigenvalue weighted by atomic mass is 9.85. The van der Waals surface area contributed by atoms with Gasteiger partial charge < -0.3 is 4.79 Å². The quantitative estimate of drug-likeness (QED) is 0.526. The zero-order chi connectivity index (χ0) is 12.0. The fourth-order valence-electron chi connectivity index (χ4n) is 1.97. The summed E-state index contributed by atoms with van der Waals surface area (Å²) in [5.41, 5.74) is 2.25. The van der Waals surface area contributed by atoms with Crippen LogP contribution in [0.5, 0.6) is 0 Å². The van der Waals surface area contributed by atoms with Crippen LogP contribution in [-0.2, 0) is 9.59 Å². The molecule has 2 heteroatoms. The number of allylic oxidation sites excluding steroid dienone is 4. The highest BCUT2D eigenvalue weighted by Gasteiger charge is 2.20. The summed E-state index contributed by atoms with van der Waals surface area (Å²) in [6.07, 6.45) is 8.85. The first-order chi connectivity index (χ1) is 7.63. The Morgan fingerprint density at radius 2 is 2.25 bits per heavy atom. The average Bonchev–Trinajstić information content (AvgIpc) is 2.21. The largest absolute Gasteiger partial charge is 0.303 e. The highest BCUT2D eigenvalue weighted by molar-refractivity contribution is 5.96. The van der Waals surface area contributed by atoms with Crippen molar-refractivity contribution in [1.29, 1.82) is 0 Å². The van der Waals surface area contributed by atoms with Gasteiger partial charge in [0.05, 0.1) is 0 Å². The molecule has 2 nitrogen and oxygen atoms in total. The first-order valence-corrected chi connectivity index (χ1v) is 5.92. The summed E-state index contributed by atoms with van der Waals surface area (Å²) in [6, 6.07) is 0. The summed E-state index contributed by atoms with van der Waals surface area (Å²) in [7, 11) is 0. The highest BCUT2D eigenvalue weighted by atomic mass is 16.1. The Kier molecular flexibility index (Phi) is 5.17. The molecule has 1 rings (SSSR count). The third-order valence-electron chi connectivity index (χ3n) is 2.93. The van der Waals surface area contributed by atoms with Crippen LogP contribution < -0.4 is 0 Å². The first kappa shape index (κ1) is 12.9. The maximum atomic E-state index is 11.8. The van der Waals surface area contributed by atoms with Crippen molar-refractivity contribution in [1.82, 2.24) is 0 Å². The van der Waals surface area contributed by atoms with Crippen LogP contribution in [0.1, 0.15) is 46.0 Å². The number of carbonyl (C=O) groups excluding carboxylic acids is 2. The van der Waals surface area contributed by atoms with Gasteiger partial charge in [0.15, 0.2) is 5.78 Å². The van der Waals surface area contributed by atoms with E-state index in [2.05, 4.69) is 19.9 Å². The Hall–Kier alpha value is -1.18. The van der Waals surface area contributed by atoms with E-state index in [-0.39, 0.29) is 11.7 Å². The Morgan fingerprint density at radius 1 is 1.50 bits per heavy atom. The molecule has 1 aliphatic carbocycles. The highest BCUT2D eigenvalue weighted by Crippen LogP contribution is 2.25. The molecule has 0 saturated carbocycles. The average molecular weight is 220 g/mol. The molecule has 0 fully saturated rings. The third-order valence-corrected chi connectivity index (χ3v) is 2.93. The van der Waals surface area contributed by atoms with Gasteiger partial charge in [-0.3, -0.25) is 4.79 Å². The van der Waals surface area contributed by atoms with E-state index in [4.69, 9.17) is 0 Å². The molecule has 1 unspecified atom stereocenters. The number of aldehydes is 1. The zero-order valence-corrected chi connectivity index (χ0v) is 10.2. The maximum absolute atomic E-state index is 11.8. The number of hydrogen-bond donors (Lipinski definition) is 0. The molecule has 0 aromatic carbocycles. The van der Waals surface area contributed by atoms with E-state index >= 15 is 0 Å². The predicted octanol–water partition coefficient (Wildman–Crippen LogP) is 3.23. The van der Waals surface area contributed by atoms with Gasteiger partial charge in [0.25, 0.3) is 0 Å². The van der Waals surface area contributed by atoms with Gasteiger partial charge in [-0.2, -0.15) is 0 Å². The fraction of sp³-hybridized carbons (Fsp3) is 0.571. The van der Waals surface area contributed by atoms with Gasteiger partial charge in [-0.15, -0.1) is 0 Å². The van der Waals surface area contributed by atoms with Crippen LogP contribution in [0.3, 0.4) is 0 Å². The van der Waals surface area contributed by atoms with Crippen LogP contribution >= 0.6 is 0 Å². The molecule has 0 spiro atoms. The SMILES string of the molecule is CC(C)=CCCC1=CCC(CC=O)CC1=O. The van der Waals surface area contributed by atoms with Crippen molar-refractivity contribution in [3.05, 3.63) is 23.3 Å². The van der Waals surface area contributed by atoms with Gasteiger partial charge >= 0.3 is 0 Å². The topological polar surface area (TPSA) is 34.1 Å². The Labute approximate surface area is 97.4 Å². The van der Waals surface area contributed by atoms with Crippen molar-refractivity contribution >= 4 is 12.1 Å². The van der Waals surface area contributed by atoms with Crippen LogP contribution in [0.2, 0.25) is 0 Å². The smallest absolute Gasteiger partial charge is 0.158 e. The van der Waals surface area contributed by atoms with Crippen molar-refractivity contribution < 1.29 is 9.59 Å². The molecule has 88 valence electrons. The molecular formula is C14H20O2. The molecule has 0 heterocycles. The normalized spacial score (nSPS) is 20.2. The summed E-state index contributed by atoms with van der Waals surface area (Å²) < 4.78 is 0. The molecule has 0 N–H and O–H groups in total. The molecule has 1 atom stereocenters. The second-order valence-corrected chi connectivity index (χ2v) is 4.68. The van der Waals surface area contributed by atoms with Gasteiger partial charge in [0.2, 0.25) is 0 Å². The van der Waals surface area contributed by atoms with Crippen molar-refractivity contribution in [2.45, 2.75) is 46.0 Å². The van der Waals surface area contributed by atoms with E-state index < -0.39 is 0 Å². The second kappa shape index (κ2) is 6.41. The van der Waals surface area contributed by atoms with Crippen molar-refractivity contribution in [3.63, 3.8) is 0 Å². The standard InChI is InChI=1S/C14H20O2/c1-11(2)4-3-5-13-7-6-12(8-9-15)10-14(13)16/h4,7,9,12H,3,5-6,8,10H2,1-2H3. The molecule has 0 aromatic heterocycles. The van der Waals surface area contributed by atoms with Crippen molar-refractivity contribution in [2.75, 3.05) is 0 Å². The molecule has 0 bridgehead atoms. The molecule has 0 radical (unpaired) electrons. The van der Waals surface area contributed by atoms with Crippen LogP contribution in [0.4, 0.5) is 0 Å². The number of Topliss-reactive ketones (excluding diaryl/α,β-unsaturated/α-hetero) is 1. The van der Waals surface area contributed by atoms with Gasteiger partial charge in [-0.25, -0.2) is 0 Å².